The fourth-order valence-electron chi connectivity index (χ4n) is 6.16. The molecule has 2 aromatic carbocycles. The van der Waals surface area contributed by atoms with Crippen LogP contribution in [0, 0.1) is 18.8 Å². The third-order valence-electron chi connectivity index (χ3n) is 8.08. The molecule has 8 heteroatoms. The van der Waals surface area contributed by atoms with Crippen molar-refractivity contribution in [2.45, 2.75) is 57.4 Å². The third kappa shape index (κ3) is 4.27. The Morgan fingerprint density at radius 3 is 2.47 bits per heavy atom. The SMILES string of the molecule is Cc1ccc2c(c1)C(F)(F)c1ccc(C(=O)NCC(=O)N3C[C@@H](C4CCCCC4)CC3C(=O)O)cc1-2. The molecule has 1 unspecified atom stereocenters. The maximum absolute atomic E-state index is 14.9. The summed E-state index contributed by atoms with van der Waals surface area (Å²) in [6.45, 7) is 1.80. The number of carboxylic acid groups (broad SMARTS) is 1. The molecule has 1 saturated carbocycles. The van der Waals surface area contributed by atoms with E-state index in [1.165, 1.54) is 35.6 Å². The van der Waals surface area contributed by atoms with E-state index in [0.717, 1.165) is 31.2 Å². The molecule has 2 fully saturated rings. The van der Waals surface area contributed by atoms with Gasteiger partial charge in [0.25, 0.3) is 11.8 Å². The normalized spacial score (nSPS) is 22.7. The van der Waals surface area contributed by atoms with E-state index < -0.39 is 29.7 Å². The van der Waals surface area contributed by atoms with Crippen LogP contribution in [0.5, 0.6) is 0 Å². The molecule has 36 heavy (non-hydrogen) atoms. The van der Waals surface area contributed by atoms with Gasteiger partial charge in [-0.05, 0) is 54.5 Å². The van der Waals surface area contributed by atoms with Crippen molar-refractivity contribution < 1.29 is 28.3 Å². The largest absolute Gasteiger partial charge is 0.480 e. The Hall–Kier alpha value is -3.29. The van der Waals surface area contributed by atoms with Gasteiger partial charge in [0.05, 0.1) is 6.54 Å². The maximum Gasteiger partial charge on any atom is 0.326 e. The summed E-state index contributed by atoms with van der Waals surface area (Å²) in [6.07, 6.45) is 6.05. The van der Waals surface area contributed by atoms with Crippen molar-refractivity contribution in [3.63, 3.8) is 0 Å². The Labute approximate surface area is 208 Å². The van der Waals surface area contributed by atoms with Crippen LogP contribution in [0.3, 0.4) is 0 Å². The van der Waals surface area contributed by atoms with Crippen LogP contribution < -0.4 is 5.32 Å². The summed E-state index contributed by atoms with van der Waals surface area (Å²) in [5.41, 5.74) is 1.36. The molecular formula is C28H30F2N2O4. The number of amides is 2. The average molecular weight is 497 g/mol. The fraction of sp³-hybridized carbons (Fsp3) is 0.464. The average Bonchev–Trinajstić information content (AvgIpc) is 3.41. The number of hydrogen-bond acceptors (Lipinski definition) is 3. The van der Waals surface area contributed by atoms with Crippen LogP contribution in [0.1, 0.15) is 65.6 Å². The van der Waals surface area contributed by atoms with Gasteiger partial charge in [-0.1, -0.05) is 55.9 Å². The molecule has 2 aliphatic carbocycles. The van der Waals surface area contributed by atoms with Crippen molar-refractivity contribution in [1.82, 2.24) is 10.2 Å². The molecule has 0 radical (unpaired) electrons. The number of alkyl halides is 2. The fourth-order valence-corrected chi connectivity index (χ4v) is 6.16. The van der Waals surface area contributed by atoms with Crippen LogP contribution >= 0.6 is 0 Å². The molecule has 1 saturated heterocycles. The quantitative estimate of drug-likeness (QED) is 0.627. The second kappa shape index (κ2) is 9.30. The predicted octanol–water partition coefficient (Wildman–Crippen LogP) is 4.73. The van der Waals surface area contributed by atoms with Gasteiger partial charge in [0.15, 0.2) is 0 Å². The summed E-state index contributed by atoms with van der Waals surface area (Å²) in [5.74, 6) is -4.58. The van der Waals surface area contributed by atoms with Crippen molar-refractivity contribution in [3.8, 4) is 11.1 Å². The minimum Gasteiger partial charge on any atom is -0.480 e. The first-order chi connectivity index (χ1) is 17.2. The first-order valence-corrected chi connectivity index (χ1v) is 12.6. The zero-order chi connectivity index (χ0) is 25.6. The highest BCUT2D eigenvalue weighted by atomic mass is 19.3. The van der Waals surface area contributed by atoms with E-state index in [9.17, 15) is 28.3 Å². The first-order valence-electron chi connectivity index (χ1n) is 12.6. The molecule has 1 aliphatic heterocycles. The van der Waals surface area contributed by atoms with E-state index in [1.807, 2.05) is 0 Å². The van der Waals surface area contributed by atoms with Gasteiger partial charge < -0.3 is 15.3 Å². The molecule has 1 heterocycles. The number of carbonyl (C=O) groups excluding carboxylic acids is 2. The Morgan fingerprint density at radius 2 is 1.75 bits per heavy atom. The molecule has 5 rings (SSSR count). The number of benzene rings is 2. The predicted molar refractivity (Wildman–Crippen MR) is 130 cm³/mol. The van der Waals surface area contributed by atoms with E-state index in [1.54, 1.807) is 19.1 Å². The molecule has 2 N–H and O–H groups in total. The highest BCUT2D eigenvalue weighted by Gasteiger charge is 2.45. The Balaban J connectivity index is 1.28. The molecule has 0 bridgehead atoms. The van der Waals surface area contributed by atoms with Crippen LogP contribution in [0.15, 0.2) is 36.4 Å². The Bertz CT molecular complexity index is 1220. The minimum atomic E-state index is -3.14. The van der Waals surface area contributed by atoms with Crippen molar-refractivity contribution in [2.75, 3.05) is 13.1 Å². The Morgan fingerprint density at radius 1 is 1.00 bits per heavy atom. The molecule has 0 spiro atoms. The number of nitrogens with one attached hydrogen (secondary N) is 1. The maximum atomic E-state index is 14.9. The summed E-state index contributed by atoms with van der Waals surface area (Å²) < 4.78 is 29.9. The standard InChI is InChI=1S/C28H30F2N2O4/c1-16-7-9-20-21-12-18(8-10-22(21)28(29,30)23(20)11-16)26(34)31-14-25(33)32-15-19(13-24(32)27(35)36)17-5-3-2-4-6-17/h7-12,17,19,24H,2-6,13-15H2,1H3,(H,31,34)(H,35,36)/t19-,24?/m0/s1. The number of likely N-dealkylation sites (tertiary alicyclic amines) is 1. The van der Waals surface area contributed by atoms with Gasteiger partial charge in [-0.2, -0.15) is 8.78 Å². The molecule has 6 nitrogen and oxygen atoms in total. The highest BCUT2D eigenvalue weighted by molar-refractivity contribution is 5.99. The van der Waals surface area contributed by atoms with Crippen molar-refractivity contribution in [2.24, 2.45) is 11.8 Å². The second-order valence-electron chi connectivity index (χ2n) is 10.4. The van der Waals surface area contributed by atoms with Crippen LogP contribution in [0.2, 0.25) is 0 Å². The number of hydrogen-bond donors (Lipinski definition) is 2. The lowest BCUT2D eigenvalue weighted by molar-refractivity contribution is -0.147. The lowest BCUT2D eigenvalue weighted by Gasteiger charge is -2.27. The summed E-state index contributed by atoms with van der Waals surface area (Å²) >= 11 is 0. The number of fused-ring (bicyclic) bond motifs is 3. The molecule has 190 valence electrons. The first kappa shape index (κ1) is 24.4. The van der Waals surface area contributed by atoms with E-state index in [0.29, 0.717) is 30.0 Å². The van der Waals surface area contributed by atoms with Gasteiger partial charge in [-0.25, -0.2) is 4.79 Å². The molecule has 0 aromatic heterocycles. The van der Waals surface area contributed by atoms with Crippen LogP contribution in [-0.4, -0.2) is 46.9 Å². The number of halogens is 2. The molecule has 3 aliphatic rings. The zero-order valence-corrected chi connectivity index (χ0v) is 20.2. The lowest BCUT2D eigenvalue weighted by atomic mass is 9.79. The van der Waals surface area contributed by atoms with E-state index in [-0.39, 0.29) is 29.2 Å². The number of carboxylic acids is 1. The van der Waals surface area contributed by atoms with Crippen molar-refractivity contribution >= 4 is 17.8 Å². The molecular weight excluding hydrogens is 466 g/mol. The molecule has 2 aromatic rings. The summed E-state index contributed by atoms with van der Waals surface area (Å²) in [6, 6.07) is 7.99. The van der Waals surface area contributed by atoms with Crippen LogP contribution in [0.4, 0.5) is 8.78 Å². The molecule has 2 atom stereocenters. The number of carbonyl (C=O) groups is 3. The topological polar surface area (TPSA) is 86.7 Å². The van der Waals surface area contributed by atoms with Crippen LogP contribution in [0.25, 0.3) is 11.1 Å². The van der Waals surface area contributed by atoms with Crippen molar-refractivity contribution in [3.05, 3.63) is 58.7 Å². The van der Waals surface area contributed by atoms with E-state index in [2.05, 4.69) is 5.32 Å². The van der Waals surface area contributed by atoms with E-state index in [4.69, 9.17) is 0 Å². The van der Waals surface area contributed by atoms with Crippen LogP contribution in [-0.2, 0) is 15.5 Å². The van der Waals surface area contributed by atoms with Gasteiger partial charge in [0, 0.05) is 23.2 Å². The smallest absolute Gasteiger partial charge is 0.326 e. The van der Waals surface area contributed by atoms with Crippen molar-refractivity contribution in [1.29, 1.82) is 0 Å². The number of aryl methyl sites for hydroxylation is 1. The molecule has 2 amide bonds. The summed E-state index contributed by atoms with van der Waals surface area (Å²) in [7, 11) is 0. The summed E-state index contributed by atoms with van der Waals surface area (Å²) in [5, 5.41) is 12.3. The summed E-state index contributed by atoms with van der Waals surface area (Å²) in [4.78, 5) is 39.0. The van der Waals surface area contributed by atoms with Gasteiger partial charge in [0.1, 0.15) is 6.04 Å². The van der Waals surface area contributed by atoms with Gasteiger partial charge in [-0.3, -0.25) is 9.59 Å². The number of aliphatic carboxylic acids is 1. The second-order valence-corrected chi connectivity index (χ2v) is 10.4. The minimum absolute atomic E-state index is 0.0773. The third-order valence-corrected chi connectivity index (χ3v) is 8.08. The monoisotopic (exact) mass is 496 g/mol. The van der Waals surface area contributed by atoms with E-state index >= 15 is 0 Å². The number of nitrogens with zero attached hydrogens (tertiary/aromatic N) is 1. The van der Waals surface area contributed by atoms with Gasteiger partial charge >= 0.3 is 5.97 Å². The Kier molecular flexibility index (Phi) is 6.30. The number of rotatable bonds is 5. The van der Waals surface area contributed by atoms with Gasteiger partial charge in [0.2, 0.25) is 5.91 Å². The lowest BCUT2D eigenvalue weighted by Crippen LogP contribution is -2.45. The zero-order valence-electron chi connectivity index (χ0n) is 20.2. The highest BCUT2D eigenvalue weighted by Crippen LogP contribution is 2.51. The van der Waals surface area contributed by atoms with Gasteiger partial charge in [-0.15, -0.1) is 0 Å².